The van der Waals surface area contributed by atoms with Gasteiger partial charge in [0.1, 0.15) is 0 Å². The van der Waals surface area contributed by atoms with Crippen LogP contribution >= 0.6 is 11.6 Å². The zero-order valence-electron chi connectivity index (χ0n) is 15.4. The number of halogens is 7. The Bertz CT molecular complexity index is 1250. The topological polar surface area (TPSA) is 25.8 Å². The van der Waals surface area contributed by atoms with Gasteiger partial charge in [-0.2, -0.15) is 26.3 Å². The highest BCUT2D eigenvalue weighted by atomic mass is 35.5. The summed E-state index contributed by atoms with van der Waals surface area (Å²) in [6.45, 7) is 0. The van der Waals surface area contributed by atoms with Crippen molar-refractivity contribution in [1.82, 2.24) is 9.97 Å². The number of fused-ring (bicyclic) bond motifs is 1. The van der Waals surface area contributed by atoms with Gasteiger partial charge in [0.2, 0.25) is 0 Å². The summed E-state index contributed by atoms with van der Waals surface area (Å²) >= 11 is 6.01. The monoisotopic (exact) mass is 452 g/mol. The molecule has 0 aliphatic rings. The van der Waals surface area contributed by atoms with Crippen molar-refractivity contribution in [2.75, 3.05) is 0 Å². The third kappa shape index (κ3) is 4.34. The van der Waals surface area contributed by atoms with E-state index in [0.29, 0.717) is 27.2 Å². The molecule has 158 valence electrons. The molecule has 0 amide bonds. The van der Waals surface area contributed by atoms with E-state index < -0.39 is 23.5 Å². The van der Waals surface area contributed by atoms with E-state index >= 15 is 0 Å². The molecule has 0 fully saturated rings. The maximum absolute atomic E-state index is 12.9. The van der Waals surface area contributed by atoms with Crippen LogP contribution in [0, 0.1) is 0 Å². The van der Waals surface area contributed by atoms with Crippen molar-refractivity contribution < 1.29 is 26.3 Å². The molecule has 0 atom stereocenters. The van der Waals surface area contributed by atoms with Gasteiger partial charge in [-0.15, -0.1) is 0 Å². The molecule has 4 rings (SSSR count). The van der Waals surface area contributed by atoms with Gasteiger partial charge in [-0.1, -0.05) is 35.9 Å². The minimum absolute atomic E-state index is 0.225. The quantitative estimate of drug-likeness (QED) is 0.292. The highest BCUT2D eigenvalue weighted by Gasteiger charge is 2.31. The fourth-order valence-corrected chi connectivity index (χ4v) is 3.23. The number of benzene rings is 3. The van der Waals surface area contributed by atoms with Gasteiger partial charge in [0, 0.05) is 16.1 Å². The second-order valence-electron chi connectivity index (χ2n) is 6.70. The average molecular weight is 453 g/mol. The van der Waals surface area contributed by atoms with E-state index in [1.807, 2.05) is 0 Å². The molecule has 0 aliphatic heterocycles. The Kier molecular flexibility index (Phi) is 5.13. The van der Waals surface area contributed by atoms with E-state index in [9.17, 15) is 26.3 Å². The minimum Gasteiger partial charge on any atom is -0.244 e. The van der Waals surface area contributed by atoms with Crippen molar-refractivity contribution in [1.29, 1.82) is 0 Å². The van der Waals surface area contributed by atoms with Gasteiger partial charge in [0.25, 0.3) is 0 Å². The molecule has 1 heterocycles. The van der Waals surface area contributed by atoms with E-state index in [1.165, 1.54) is 24.3 Å². The van der Waals surface area contributed by atoms with Gasteiger partial charge in [0.15, 0.2) is 0 Å². The fourth-order valence-electron chi connectivity index (χ4n) is 3.06. The number of nitrogens with zero attached hydrogens (tertiary/aromatic N) is 2. The summed E-state index contributed by atoms with van der Waals surface area (Å²) in [5.41, 5.74) is 0.320. The highest BCUT2D eigenvalue weighted by Crippen LogP contribution is 2.36. The Labute approximate surface area is 177 Å². The largest absolute Gasteiger partial charge is 0.416 e. The van der Waals surface area contributed by atoms with Gasteiger partial charge in [-0.3, -0.25) is 0 Å². The molecule has 0 saturated carbocycles. The standard InChI is InChI=1S/C22H11ClF6N2/c23-16-9-10-17-18(11-16)31-20(13-3-7-15(8-4-13)22(27,28)29)19(30-17)12-1-5-14(6-2-12)21(24,25)26/h1-11H. The summed E-state index contributed by atoms with van der Waals surface area (Å²) in [7, 11) is 0. The third-order valence-corrected chi connectivity index (χ3v) is 4.83. The van der Waals surface area contributed by atoms with Crippen molar-refractivity contribution in [2.45, 2.75) is 12.4 Å². The number of aromatic nitrogens is 2. The summed E-state index contributed by atoms with van der Waals surface area (Å²) in [6, 6.07) is 13.4. The Morgan fingerprint density at radius 3 is 1.39 bits per heavy atom. The van der Waals surface area contributed by atoms with Crippen LogP contribution in [0.25, 0.3) is 33.5 Å². The normalized spacial score (nSPS) is 12.4. The van der Waals surface area contributed by atoms with E-state index in [2.05, 4.69) is 9.97 Å². The first-order valence-electron chi connectivity index (χ1n) is 8.85. The fraction of sp³-hybridized carbons (Fsp3) is 0.0909. The van der Waals surface area contributed by atoms with Crippen LogP contribution in [-0.4, -0.2) is 9.97 Å². The molecule has 0 spiro atoms. The lowest BCUT2D eigenvalue weighted by atomic mass is 10.0. The molecule has 2 nitrogen and oxygen atoms in total. The molecule has 9 heteroatoms. The van der Waals surface area contributed by atoms with Crippen LogP contribution < -0.4 is 0 Å². The van der Waals surface area contributed by atoms with Crippen molar-refractivity contribution in [3.8, 4) is 22.5 Å². The van der Waals surface area contributed by atoms with Gasteiger partial charge >= 0.3 is 12.4 Å². The Morgan fingerprint density at radius 2 is 0.968 bits per heavy atom. The van der Waals surface area contributed by atoms with E-state index in [0.717, 1.165) is 24.3 Å². The third-order valence-electron chi connectivity index (χ3n) is 4.60. The van der Waals surface area contributed by atoms with Crippen LogP contribution in [-0.2, 0) is 12.4 Å². The van der Waals surface area contributed by atoms with Crippen molar-refractivity contribution in [3.05, 3.63) is 82.9 Å². The Hall–Kier alpha value is -3.13. The van der Waals surface area contributed by atoms with Crippen LogP contribution in [0.5, 0.6) is 0 Å². The molecule has 0 bridgehead atoms. The summed E-state index contributed by atoms with van der Waals surface area (Å²) in [5.74, 6) is 0. The molecule has 0 radical (unpaired) electrons. The minimum atomic E-state index is -4.50. The number of alkyl halides is 6. The van der Waals surface area contributed by atoms with E-state index in [4.69, 9.17) is 11.6 Å². The summed E-state index contributed by atoms with van der Waals surface area (Å²) in [6.07, 6.45) is -9.00. The molecule has 1 aromatic heterocycles. The predicted octanol–water partition coefficient (Wildman–Crippen LogP) is 7.65. The molecule has 31 heavy (non-hydrogen) atoms. The lowest BCUT2D eigenvalue weighted by Crippen LogP contribution is -2.05. The van der Waals surface area contributed by atoms with Gasteiger partial charge in [0.05, 0.1) is 33.5 Å². The second kappa shape index (κ2) is 7.53. The average Bonchev–Trinajstić information content (AvgIpc) is 2.72. The van der Waals surface area contributed by atoms with Crippen LogP contribution in [0.2, 0.25) is 5.02 Å². The molecular weight excluding hydrogens is 442 g/mol. The van der Waals surface area contributed by atoms with Gasteiger partial charge in [-0.25, -0.2) is 9.97 Å². The van der Waals surface area contributed by atoms with Crippen LogP contribution in [0.3, 0.4) is 0 Å². The van der Waals surface area contributed by atoms with Crippen LogP contribution in [0.1, 0.15) is 11.1 Å². The maximum Gasteiger partial charge on any atom is 0.416 e. The molecule has 0 unspecified atom stereocenters. The lowest BCUT2D eigenvalue weighted by molar-refractivity contribution is -0.138. The number of hydrogen-bond acceptors (Lipinski definition) is 2. The Balaban J connectivity index is 1.90. The first-order chi connectivity index (χ1) is 14.5. The molecule has 0 saturated heterocycles. The first kappa shape index (κ1) is 21.1. The molecular formula is C22H11ClF6N2. The van der Waals surface area contributed by atoms with Gasteiger partial charge < -0.3 is 0 Å². The van der Waals surface area contributed by atoms with E-state index in [-0.39, 0.29) is 11.4 Å². The van der Waals surface area contributed by atoms with Crippen molar-refractivity contribution in [2.24, 2.45) is 0 Å². The number of hydrogen-bond donors (Lipinski definition) is 0. The molecule has 0 N–H and O–H groups in total. The molecule has 4 aromatic rings. The molecule has 0 aliphatic carbocycles. The zero-order valence-corrected chi connectivity index (χ0v) is 16.1. The second-order valence-corrected chi connectivity index (χ2v) is 7.14. The zero-order chi connectivity index (χ0) is 22.4. The maximum atomic E-state index is 12.9. The SMILES string of the molecule is FC(F)(F)c1ccc(-c2nc3ccc(Cl)cc3nc2-c2ccc(C(F)(F)F)cc2)cc1. The van der Waals surface area contributed by atoms with Crippen molar-refractivity contribution >= 4 is 22.6 Å². The smallest absolute Gasteiger partial charge is 0.244 e. The summed E-state index contributed by atoms with van der Waals surface area (Å²) < 4.78 is 77.5. The van der Waals surface area contributed by atoms with Crippen molar-refractivity contribution in [3.63, 3.8) is 0 Å². The Morgan fingerprint density at radius 1 is 0.548 bits per heavy atom. The summed E-state index contributed by atoms with van der Waals surface area (Å²) in [4.78, 5) is 9.00. The predicted molar refractivity (Wildman–Crippen MR) is 105 cm³/mol. The lowest BCUT2D eigenvalue weighted by Gasteiger charge is -2.13. The van der Waals surface area contributed by atoms with E-state index in [1.54, 1.807) is 18.2 Å². The molecule has 3 aromatic carbocycles. The first-order valence-corrected chi connectivity index (χ1v) is 9.23. The van der Waals surface area contributed by atoms with Gasteiger partial charge in [-0.05, 0) is 42.5 Å². The number of rotatable bonds is 2. The van der Waals surface area contributed by atoms with Crippen LogP contribution in [0.4, 0.5) is 26.3 Å². The highest BCUT2D eigenvalue weighted by molar-refractivity contribution is 6.31. The van der Waals surface area contributed by atoms with Crippen LogP contribution in [0.15, 0.2) is 66.7 Å². The summed E-state index contributed by atoms with van der Waals surface area (Å²) in [5, 5.41) is 0.391.